The summed E-state index contributed by atoms with van der Waals surface area (Å²) in [6, 6.07) is 1.13. The highest BCUT2D eigenvalue weighted by atomic mass is 16.3. The summed E-state index contributed by atoms with van der Waals surface area (Å²) in [5.74, 6) is 0.957. The van der Waals surface area contributed by atoms with Crippen LogP contribution in [0.3, 0.4) is 0 Å². The summed E-state index contributed by atoms with van der Waals surface area (Å²) in [4.78, 5) is 2.56. The largest absolute Gasteiger partial charge is 0.392 e. The number of nitrogens with zero attached hydrogens (tertiary/aromatic N) is 1. The molecular formula is C12H24N2O. The molecule has 88 valence electrons. The number of aliphatic hydroxyl groups is 1. The second-order valence-corrected chi connectivity index (χ2v) is 5.49. The minimum absolute atomic E-state index is 0.120. The second-order valence-electron chi connectivity index (χ2n) is 5.49. The molecule has 0 aromatic carbocycles. The summed E-state index contributed by atoms with van der Waals surface area (Å²) < 4.78 is 0. The van der Waals surface area contributed by atoms with E-state index in [1.54, 1.807) is 0 Å². The SMILES string of the molecule is CC(C)N(CC1CC1)CC1CC(O)CN1. The monoisotopic (exact) mass is 212 g/mol. The molecule has 1 saturated heterocycles. The molecule has 0 aromatic rings. The van der Waals surface area contributed by atoms with Crippen molar-refractivity contribution >= 4 is 0 Å². The van der Waals surface area contributed by atoms with Gasteiger partial charge in [0.2, 0.25) is 0 Å². The van der Waals surface area contributed by atoms with Gasteiger partial charge in [-0.3, -0.25) is 4.90 Å². The molecule has 3 heteroatoms. The first kappa shape index (κ1) is 11.4. The van der Waals surface area contributed by atoms with E-state index >= 15 is 0 Å². The van der Waals surface area contributed by atoms with Gasteiger partial charge in [-0.15, -0.1) is 0 Å². The number of β-amino-alcohol motifs (C(OH)–C–C–N with tert-alkyl or cyclic N) is 1. The smallest absolute Gasteiger partial charge is 0.0680 e. The van der Waals surface area contributed by atoms with Crippen LogP contribution in [0.5, 0.6) is 0 Å². The van der Waals surface area contributed by atoms with Gasteiger partial charge in [-0.2, -0.15) is 0 Å². The van der Waals surface area contributed by atoms with Crippen LogP contribution in [0.15, 0.2) is 0 Å². The van der Waals surface area contributed by atoms with E-state index in [9.17, 15) is 5.11 Å². The van der Waals surface area contributed by atoms with Gasteiger partial charge in [-0.25, -0.2) is 0 Å². The van der Waals surface area contributed by atoms with E-state index in [1.165, 1.54) is 19.4 Å². The Bertz CT molecular complexity index is 204. The van der Waals surface area contributed by atoms with Crippen molar-refractivity contribution in [1.29, 1.82) is 0 Å². The minimum Gasteiger partial charge on any atom is -0.392 e. The van der Waals surface area contributed by atoms with Crippen molar-refractivity contribution in [2.45, 2.75) is 51.3 Å². The summed E-state index contributed by atoms with van der Waals surface area (Å²) in [7, 11) is 0. The van der Waals surface area contributed by atoms with Gasteiger partial charge in [0.25, 0.3) is 0 Å². The molecule has 2 unspecified atom stereocenters. The standard InChI is InChI=1S/C12H24N2O/c1-9(2)14(7-10-3-4-10)8-11-5-12(15)6-13-11/h9-13,15H,3-8H2,1-2H3. The molecule has 15 heavy (non-hydrogen) atoms. The van der Waals surface area contributed by atoms with Crippen LogP contribution in [-0.4, -0.2) is 47.8 Å². The van der Waals surface area contributed by atoms with Crippen molar-refractivity contribution in [3.8, 4) is 0 Å². The lowest BCUT2D eigenvalue weighted by Gasteiger charge is -2.29. The fraction of sp³-hybridized carbons (Fsp3) is 1.00. The average Bonchev–Trinajstić information content (AvgIpc) is 2.89. The van der Waals surface area contributed by atoms with Crippen LogP contribution in [0.25, 0.3) is 0 Å². The topological polar surface area (TPSA) is 35.5 Å². The molecule has 1 saturated carbocycles. The van der Waals surface area contributed by atoms with E-state index in [4.69, 9.17) is 0 Å². The zero-order valence-electron chi connectivity index (χ0n) is 9.95. The van der Waals surface area contributed by atoms with E-state index in [0.717, 1.165) is 25.4 Å². The van der Waals surface area contributed by atoms with Crippen molar-refractivity contribution in [2.24, 2.45) is 5.92 Å². The molecular weight excluding hydrogens is 188 g/mol. The van der Waals surface area contributed by atoms with Gasteiger partial charge in [0.05, 0.1) is 6.10 Å². The fourth-order valence-electron chi connectivity index (χ4n) is 2.35. The molecule has 1 heterocycles. The Hall–Kier alpha value is -0.120. The molecule has 2 N–H and O–H groups in total. The van der Waals surface area contributed by atoms with Crippen molar-refractivity contribution in [1.82, 2.24) is 10.2 Å². The third kappa shape index (κ3) is 3.44. The van der Waals surface area contributed by atoms with Gasteiger partial charge in [0.1, 0.15) is 0 Å². The molecule has 2 rings (SSSR count). The molecule has 1 aliphatic carbocycles. The fourth-order valence-corrected chi connectivity index (χ4v) is 2.35. The van der Waals surface area contributed by atoms with Gasteiger partial charge in [0.15, 0.2) is 0 Å². The summed E-state index contributed by atoms with van der Waals surface area (Å²) in [6.07, 6.45) is 3.65. The molecule has 0 amide bonds. The first-order chi connectivity index (χ1) is 7.15. The average molecular weight is 212 g/mol. The Morgan fingerprint density at radius 1 is 1.33 bits per heavy atom. The molecule has 2 atom stereocenters. The number of rotatable bonds is 5. The minimum atomic E-state index is -0.120. The first-order valence-electron chi connectivity index (χ1n) is 6.30. The number of hydrogen-bond acceptors (Lipinski definition) is 3. The normalized spacial score (nSPS) is 31.8. The van der Waals surface area contributed by atoms with Gasteiger partial charge < -0.3 is 10.4 Å². The zero-order valence-corrected chi connectivity index (χ0v) is 9.95. The maximum Gasteiger partial charge on any atom is 0.0680 e. The Morgan fingerprint density at radius 2 is 2.07 bits per heavy atom. The van der Waals surface area contributed by atoms with E-state index < -0.39 is 0 Å². The highest BCUT2D eigenvalue weighted by Gasteiger charge is 2.29. The lowest BCUT2D eigenvalue weighted by atomic mass is 10.1. The Kier molecular flexibility index (Phi) is 3.65. The van der Waals surface area contributed by atoms with Crippen LogP contribution in [0.4, 0.5) is 0 Å². The zero-order chi connectivity index (χ0) is 10.8. The third-order valence-electron chi connectivity index (χ3n) is 3.57. The molecule has 1 aliphatic heterocycles. The van der Waals surface area contributed by atoms with Crippen molar-refractivity contribution in [2.75, 3.05) is 19.6 Å². The Labute approximate surface area is 92.8 Å². The van der Waals surface area contributed by atoms with Crippen LogP contribution < -0.4 is 5.32 Å². The molecule has 0 radical (unpaired) electrons. The number of aliphatic hydroxyl groups excluding tert-OH is 1. The lowest BCUT2D eigenvalue weighted by Crippen LogP contribution is -2.42. The molecule has 0 aromatic heterocycles. The highest BCUT2D eigenvalue weighted by Crippen LogP contribution is 2.30. The van der Waals surface area contributed by atoms with Crippen LogP contribution in [0, 0.1) is 5.92 Å². The quantitative estimate of drug-likeness (QED) is 0.708. The number of hydrogen-bond donors (Lipinski definition) is 2. The Balaban J connectivity index is 1.77. The molecule has 3 nitrogen and oxygen atoms in total. The van der Waals surface area contributed by atoms with E-state index in [1.807, 2.05) is 0 Å². The number of nitrogens with one attached hydrogen (secondary N) is 1. The summed E-state index contributed by atoms with van der Waals surface area (Å²) in [5, 5.41) is 12.9. The third-order valence-corrected chi connectivity index (χ3v) is 3.57. The Morgan fingerprint density at radius 3 is 2.53 bits per heavy atom. The van der Waals surface area contributed by atoms with E-state index in [-0.39, 0.29) is 6.10 Å². The van der Waals surface area contributed by atoms with Crippen LogP contribution in [0.2, 0.25) is 0 Å². The molecule has 2 aliphatic rings. The first-order valence-corrected chi connectivity index (χ1v) is 6.30. The van der Waals surface area contributed by atoms with Gasteiger partial charge in [-0.05, 0) is 39.0 Å². The van der Waals surface area contributed by atoms with Gasteiger partial charge >= 0.3 is 0 Å². The van der Waals surface area contributed by atoms with Crippen molar-refractivity contribution in [3.63, 3.8) is 0 Å². The summed E-state index contributed by atoms with van der Waals surface area (Å²) in [6.45, 7) is 7.68. The summed E-state index contributed by atoms with van der Waals surface area (Å²) in [5.41, 5.74) is 0. The predicted molar refractivity (Wildman–Crippen MR) is 61.8 cm³/mol. The highest BCUT2D eigenvalue weighted by molar-refractivity contribution is 4.86. The van der Waals surface area contributed by atoms with Crippen LogP contribution in [-0.2, 0) is 0 Å². The van der Waals surface area contributed by atoms with Gasteiger partial charge in [0, 0.05) is 31.7 Å². The summed E-state index contributed by atoms with van der Waals surface area (Å²) >= 11 is 0. The maximum atomic E-state index is 9.46. The van der Waals surface area contributed by atoms with Crippen LogP contribution >= 0.6 is 0 Å². The molecule has 0 spiro atoms. The second kappa shape index (κ2) is 4.81. The molecule has 2 fully saturated rings. The lowest BCUT2D eigenvalue weighted by molar-refractivity contribution is 0.173. The maximum absolute atomic E-state index is 9.46. The van der Waals surface area contributed by atoms with Crippen molar-refractivity contribution in [3.05, 3.63) is 0 Å². The van der Waals surface area contributed by atoms with Crippen molar-refractivity contribution < 1.29 is 5.11 Å². The van der Waals surface area contributed by atoms with E-state index in [2.05, 4.69) is 24.1 Å². The van der Waals surface area contributed by atoms with Gasteiger partial charge in [-0.1, -0.05) is 0 Å². The molecule has 0 bridgehead atoms. The van der Waals surface area contributed by atoms with Crippen LogP contribution in [0.1, 0.15) is 33.1 Å². The predicted octanol–water partition coefficient (Wildman–Crippen LogP) is 0.830. The van der Waals surface area contributed by atoms with E-state index in [0.29, 0.717) is 12.1 Å².